The van der Waals surface area contributed by atoms with E-state index in [9.17, 15) is 8.42 Å². The van der Waals surface area contributed by atoms with Crippen molar-refractivity contribution >= 4 is 20.9 Å². The second-order valence-corrected chi connectivity index (χ2v) is 9.20. The molecule has 1 aromatic heterocycles. The van der Waals surface area contributed by atoms with E-state index in [0.717, 1.165) is 38.9 Å². The number of hydrogen-bond donors (Lipinski definition) is 2. The standard InChI is InChI=1S/C24H24N2O2S/c1-16-8-12-19(13-9-16)24(23-18(3)25-22-7-5-4-6-21(22)23)26-29(27,28)20-14-10-17(2)11-15-20/h4-15,24-26H,1-3H3. The minimum atomic E-state index is -3.71. The molecule has 148 valence electrons. The smallest absolute Gasteiger partial charge is 0.241 e. The van der Waals surface area contributed by atoms with Gasteiger partial charge in [0.2, 0.25) is 10.0 Å². The third-order valence-corrected chi connectivity index (χ3v) is 6.69. The van der Waals surface area contributed by atoms with Crippen molar-refractivity contribution in [3.8, 4) is 0 Å². The number of sulfonamides is 1. The molecular formula is C24H24N2O2S. The highest BCUT2D eigenvalue weighted by atomic mass is 32.2. The van der Waals surface area contributed by atoms with Crippen LogP contribution in [0.15, 0.2) is 77.7 Å². The summed E-state index contributed by atoms with van der Waals surface area (Å²) in [7, 11) is -3.71. The Labute approximate surface area is 171 Å². The van der Waals surface area contributed by atoms with Gasteiger partial charge in [-0.1, -0.05) is 65.7 Å². The molecule has 2 N–H and O–H groups in total. The fourth-order valence-corrected chi connectivity index (χ4v) is 4.86. The van der Waals surface area contributed by atoms with Crippen LogP contribution in [-0.2, 0) is 10.0 Å². The fourth-order valence-electron chi connectivity index (χ4n) is 3.66. The van der Waals surface area contributed by atoms with Crippen molar-refractivity contribution in [2.45, 2.75) is 31.7 Å². The van der Waals surface area contributed by atoms with Crippen molar-refractivity contribution in [1.29, 1.82) is 0 Å². The van der Waals surface area contributed by atoms with Crippen molar-refractivity contribution in [3.63, 3.8) is 0 Å². The first-order valence-electron chi connectivity index (χ1n) is 9.58. The van der Waals surface area contributed by atoms with Crippen molar-refractivity contribution < 1.29 is 8.42 Å². The molecule has 3 aromatic carbocycles. The molecule has 0 amide bonds. The van der Waals surface area contributed by atoms with E-state index in [1.54, 1.807) is 12.1 Å². The lowest BCUT2D eigenvalue weighted by atomic mass is 9.96. The molecule has 4 nitrogen and oxygen atoms in total. The minimum absolute atomic E-state index is 0.262. The maximum atomic E-state index is 13.2. The summed E-state index contributed by atoms with van der Waals surface area (Å²) in [5, 5.41) is 1.02. The van der Waals surface area contributed by atoms with Gasteiger partial charge in [-0.05, 0) is 44.5 Å². The Bertz CT molecular complexity index is 1250. The maximum absolute atomic E-state index is 13.2. The fraction of sp³-hybridized carbons (Fsp3) is 0.167. The van der Waals surface area contributed by atoms with Gasteiger partial charge in [0.1, 0.15) is 0 Å². The summed E-state index contributed by atoms with van der Waals surface area (Å²) in [5.74, 6) is 0. The van der Waals surface area contributed by atoms with Crippen LogP contribution in [0.25, 0.3) is 10.9 Å². The third kappa shape index (κ3) is 3.84. The highest BCUT2D eigenvalue weighted by Gasteiger charge is 2.26. The van der Waals surface area contributed by atoms with Gasteiger partial charge in [-0.25, -0.2) is 8.42 Å². The van der Waals surface area contributed by atoms with E-state index >= 15 is 0 Å². The summed E-state index contributed by atoms with van der Waals surface area (Å²) in [4.78, 5) is 3.65. The van der Waals surface area contributed by atoms with E-state index in [1.807, 2.05) is 81.4 Å². The van der Waals surface area contributed by atoms with Gasteiger partial charge in [0.25, 0.3) is 0 Å². The number of aryl methyl sites for hydroxylation is 3. The molecule has 0 fully saturated rings. The molecule has 1 atom stereocenters. The van der Waals surface area contributed by atoms with Gasteiger partial charge in [-0.2, -0.15) is 4.72 Å². The van der Waals surface area contributed by atoms with Crippen LogP contribution in [0.4, 0.5) is 0 Å². The topological polar surface area (TPSA) is 62.0 Å². The largest absolute Gasteiger partial charge is 0.358 e. The summed E-state index contributed by atoms with van der Waals surface area (Å²) in [5.41, 5.74) is 5.94. The summed E-state index contributed by atoms with van der Waals surface area (Å²) in [6, 6.07) is 22.4. The lowest BCUT2D eigenvalue weighted by Gasteiger charge is -2.21. The molecule has 4 aromatic rings. The molecule has 1 unspecified atom stereocenters. The number of fused-ring (bicyclic) bond motifs is 1. The monoisotopic (exact) mass is 404 g/mol. The zero-order valence-corrected chi connectivity index (χ0v) is 17.5. The minimum Gasteiger partial charge on any atom is -0.358 e. The van der Waals surface area contributed by atoms with Crippen molar-refractivity contribution in [3.05, 3.63) is 101 Å². The SMILES string of the molecule is Cc1ccc(C(NS(=O)(=O)c2ccc(C)cc2)c2c(C)[nH]c3ccccc23)cc1. The van der Waals surface area contributed by atoms with Crippen LogP contribution in [0.2, 0.25) is 0 Å². The van der Waals surface area contributed by atoms with Crippen LogP contribution in [0.3, 0.4) is 0 Å². The van der Waals surface area contributed by atoms with Gasteiger partial charge in [-0.3, -0.25) is 0 Å². The average molecular weight is 405 g/mol. The lowest BCUT2D eigenvalue weighted by molar-refractivity contribution is 0.572. The quantitative estimate of drug-likeness (QED) is 0.482. The van der Waals surface area contributed by atoms with E-state index < -0.39 is 16.1 Å². The number of para-hydroxylation sites is 1. The summed E-state index contributed by atoms with van der Waals surface area (Å²) >= 11 is 0. The molecule has 4 rings (SSSR count). The van der Waals surface area contributed by atoms with E-state index in [2.05, 4.69) is 9.71 Å². The molecule has 0 aliphatic rings. The molecule has 0 aliphatic carbocycles. The lowest BCUT2D eigenvalue weighted by Crippen LogP contribution is -2.29. The predicted molar refractivity (Wildman–Crippen MR) is 118 cm³/mol. The van der Waals surface area contributed by atoms with Crippen molar-refractivity contribution in [2.24, 2.45) is 0 Å². The zero-order valence-electron chi connectivity index (χ0n) is 16.7. The first kappa shape index (κ1) is 19.4. The van der Waals surface area contributed by atoms with E-state index in [-0.39, 0.29) is 4.90 Å². The first-order valence-corrected chi connectivity index (χ1v) is 11.1. The highest BCUT2D eigenvalue weighted by Crippen LogP contribution is 2.33. The van der Waals surface area contributed by atoms with Gasteiger partial charge >= 0.3 is 0 Å². The number of aromatic nitrogens is 1. The number of rotatable bonds is 5. The Morgan fingerprint density at radius 1 is 0.793 bits per heavy atom. The molecule has 0 radical (unpaired) electrons. The van der Waals surface area contributed by atoms with Gasteiger partial charge in [0.05, 0.1) is 10.9 Å². The van der Waals surface area contributed by atoms with Crippen molar-refractivity contribution in [2.75, 3.05) is 0 Å². The zero-order chi connectivity index (χ0) is 20.6. The Hall–Kier alpha value is -2.89. The number of H-pyrrole nitrogens is 1. The molecule has 1 heterocycles. The number of aromatic amines is 1. The molecule has 0 bridgehead atoms. The van der Waals surface area contributed by atoms with Crippen LogP contribution in [-0.4, -0.2) is 13.4 Å². The molecule has 5 heteroatoms. The van der Waals surface area contributed by atoms with E-state index in [0.29, 0.717) is 0 Å². The summed E-state index contributed by atoms with van der Waals surface area (Å²) in [6.07, 6.45) is 0. The van der Waals surface area contributed by atoms with Gasteiger partial charge < -0.3 is 4.98 Å². The highest BCUT2D eigenvalue weighted by molar-refractivity contribution is 7.89. The molecule has 0 aliphatic heterocycles. The third-order valence-electron chi connectivity index (χ3n) is 5.25. The summed E-state index contributed by atoms with van der Waals surface area (Å²) < 4.78 is 29.4. The number of nitrogens with one attached hydrogen (secondary N) is 2. The Kier molecular flexibility index (Phi) is 5.03. The van der Waals surface area contributed by atoms with Crippen LogP contribution >= 0.6 is 0 Å². The predicted octanol–water partition coefficient (Wildman–Crippen LogP) is 5.16. The molecule has 0 spiro atoms. The van der Waals surface area contributed by atoms with Crippen molar-refractivity contribution in [1.82, 2.24) is 9.71 Å². The average Bonchev–Trinajstić information content (AvgIpc) is 3.03. The second kappa shape index (κ2) is 7.50. The van der Waals surface area contributed by atoms with Crippen LogP contribution in [0, 0.1) is 20.8 Å². The Morgan fingerprint density at radius 2 is 1.38 bits per heavy atom. The molecular weight excluding hydrogens is 380 g/mol. The summed E-state index contributed by atoms with van der Waals surface area (Å²) in [6.45, 7) is 5.94. The second-order valence-electron chi connectivity index (χ2n) is 7.49. The Balaban J connectivity index is 1.86. The van der Waals surface area contributed by atoms with Gasteiger partial charge in [-0.15, -0.1) is 0 Å². The van der Waals surface area contributed by atoms with Crippen LogP contribution in [0.1, 0.15) is 34.0 Å². The number of hydrogen-bond acceptors (Lipinski definition) is 2. The first-order chi connectivity index (χ1) is 13.8. The number of benzene rings is 3. The van der Waals surface area contributed by atoms with E-state index in [1.165, 1.54) is 0 Å². The van der Waals surface area contributed by atoms with Gasteiger partial charge in [0.15, 0.2) is 0 Å². The van der Waals surface area contributed by atoms with Gasteiger partial charge in [0, 0.05) is 22.2 Å². The van der Waals surface area contributed by atoms with E-state index in [4.69, 9.17) is 0 Å². The molecule has 0 saturated carbocycles. The van der Waals surface area contributed by atoms with Crippen LogP contribution < -0.4 is 4.72 Å². The van der Waals surface area contributed by atoms with Crippen LogP contribution in [0.5, 0.6) is 0 Å². The Morgan fingerprint density at radius 3 is 2.03 bits per heavy atom. The maximum Gasteiger partial charge on any atom is 0.241 e. The molecule has 29 heavy (non-hydrogen) atoms. The normalized spacial score (nSPS) is 12.9. The molecule has 0 saturated heterocycles.